The lowest BCUT2D eigenvalue weighted by molar-refractivity contribution is -0.137. The molecule has 0 aromatic carbocycles. The summed E-state index contributed by atoms with van der Waals surface area (Å²) in [6, 6.07) is -1.21. The topological polar surface area (TPSA) is 90.0 Å². The van der Waals surface area contributed by atoms with Gasteiger partial charge >= 0.3 is 12.0 Å². The first-order valence-corrected chi connectivity index (χ1v) is 6.43. The van der Waals surface area contributed by atoms with Crippen LogP contribution in [0, 0.1) is 0 Å². The summed E-state index contributed by atoms with van der Waals surface area (Å²) in [6.45, 7) is 8.02. The van der Waals surface area contributed by atoms with Crippen molar-refractivity contribution < 1.29 is 19.5 Å². The van der Waals surface area contributed by atoms with Gasteiger partial charge in [0.15, 0.2) is 0 Å². The summed E-state index contributed by atoms with van der Waals surface area (Å²) in [4.78, 5) is 37.1. The van der Waals surface area contributed by atoms with E-state index in [0.717, 1.165) is 4.90 Å². The number of hydrogen-bond donors (Lipinski definition) is 2. The molecule has 0 rings (SSSR count). The zero-order valence-corrected chi connectivity index (χ0v) is 12.0. The van der Waals surface area contributed by atoms with E-state index in [4.69, 9.17) is 5.11 Å². The number of likely N-dealkylation sites (N-methyl/N-ethyl adjacent to an activating group) is 2. The number of amides is 3. The average Bonchev–Trinajstić information content (AvgIpc) is 2.36. The summed E-state index contributed by atoms with van der Waals surface area (Å²) >= 11 is 0. The molecule has 0 aliphatic heterocycles. The molecule has 1 unspecified atom stereocenters. The van der Waals surface area contributed by atoms with Crippen LogP contribution < -0.4 is 5.32 Å². The highest BCUT2D eigenvalue weighted by molar-refractivity contribution is 5.87. The van der Waals surface area contributed by atoms with Crippen LogP contribution in [-0.4, -0.2) is 65.0 Å². The molecule has 0 aromatic heterocycles. The van der Waals surface area contributed by atoms with E-state index in [0.29, 0.717) is 13.1 Å². The summed E-state index contributed by atoms with van der Waals surface area (Å²) < 4.78 is 0. The van der Waals surface area contributed by atoms with E-state index in [1.165, 1.54) is 0 Å². The predicted octanol–water partition coefficient (Wildman–Crippen LogP) is 0.359. The summed E-state index contributed by atoms with van der Waals surface area (Å²) in [6.07, 6.45) is 0. The normalized spacial score (nSPS) is 11.6. The predicted molar refractivity (Wildman–Crippen MR) is 70.8 cm³/mol. The van der Waals surface area contributed by atoms with Gasteiger partial charge in [0, 0.05) is 19.6 Å². The Morgan fingerprint density at radius 3 is 1.89 bits per heavy atom. The van der Waals surface area contributed by atoms with Crippen LogP contribution in [0.3, 0.4) is 0 Å². The second-order valence-electron chi connectivity index (χ2n) is 4.09. The Kier molecular flexibility index (Phi) is 7.55. The van der Waals surface area contributed by atoms with Gasteiger partial charge in [-0.05, 0) is 27.7 Å². The first kappa shape index (κ1) is 17.2. The van der Waals surface area contributed by atoms with Gasteiger partial charge in [0.05, 0.1) is 0 Å². The largest absolute Gasteiger partial charge is 0.480 e. The molecule has 0 fully saturated rings. The monoisotopic (exact) mass is 273 g/mol. The molecule has 2 N–H and O–H groups in total. The molecule has 19 heavy (non-hydrogen) atoms. The highest BCUT2D eigenvalue weighted by Crippen LogP contribution is 1.97. The van der Waals surface area contributed by atoms with Gasteiger partial charge in [-0.1, -0.05) is 0 Å². The van der Waals surface area contributed by atoms with E-state index < -0.39 is 18.0 Å². The number of carboxylic acids is 1. The van der Waals surface area contributed by atoms with Gasteiger partial charge in [-0.2, -0.15) is 0 Å². The second kappa shape index (κ2) is 8.34. The lowest BCUT2D eigenvalue weighted by atomic mass is 10.3. The van der Waals surface area contributed by atoms with Crippen LogP contribution in [0.15, 0.2) is 0 Å². The van der Waals surface area contributed by atoms with Crippen LogP contribution in [0.1, 0.15) is 27.7 Å². The molecule has 7 nitrogen and oxygen atoms in total. The molecule has 0 aliphatic carbocycles. The minimum atomic E-state index is -1.08. The van der Waals surface area contributed by atoms with Gasteiger partial charge < -0.3 is 20.2 Å². The number of nitrogens with one attached hydrogen (secondary N) is 1. The fourth-order valence-corrected chi connectivity index (χ4v) is 1.64. The summed E-state index contributed by atoms with van der Waals surface area (Å²) in [7, 11) is 0. The van der Waals surface area contributed by atoms with Crippen molar-refractivity contribution in [2.24, 2.45) is 0 Å². The fraction of sp³-hybridized carbons (Fsp3) is 0.750. The third-order valence-electron chi connectivity index (χ3n) is 2.78. The van der Waals surface area contributed by atoms with E-state index in [2.05, 4.69) is 5.32 Å². The molecule has 0 saturated heterocycles. The molecule has 1 atom stereocenters. The Hall–Kier alpha value is -1.79. The highest BCUT2D eigenvalue weighted by atomic mass is 16.4. The van der Waals surface area contributed by atoms with Crippen molar-refractivity contribution in [3.63, 3.8) is 0 Å². The van der Waals surface area contributed by atoms with Crippen molar-refractivity contribution in [2.75, 3.05) is 26.2 Å². The molecule has 0 radical (unpaired) electrons. The van der Waals surface area contributed by atoms with E-state index >= 15 is 0 Å². The molecule has 0 heterocycles. The molecular weight excluding hydrogens is 250 g/mol. The molecule has 0 aromatic rings. The summed E-state index contributed by atoms with van der Waals surface area (Å²) in [5.74, 6) is -1.26. The number of nitrogens with zero attached hydrogens (tertiary/aromatic N) is 2. The molecule has 7 heteroatoms. The highest BCUT2D eigenvalue weighted by Gasteiger charge is 2.23. The smallest absolute Gasteiger partial charge is 0.323 e. The zero-order valence-electron chi connectivity index (χ0n) is 12.0. The van der Waals surface area contributed by atoms with Crippen molar-refractivity contribution in [3.8, 4) is 0 Å². The third-order valence-corrected chi connectivity index (χ3v) is 2.78. The minimum absolute atomic E-state index is 0.176. The zero-order chi connectivity index (χ0) is 15.0. The average molecular weight is 273 g/mol. The van der Waals surface area contributed by atoms with Crippen LogP contribution >= 0.6 is 0 Å². The molecule has 0 spiro atoms. The molecule has 110 valence electrons. The number of rotatable bonds is 7. The Balaban J connectivity index is 4.53. The van der Waals surface area contributed by atoms with Crippen molar-refractivity contribution in [2.45, 2.75) is 33.7 Å². The number of aliphatic carboxylic acids is 1. The van der Waals surface area contributed by atoms with E-state index in [-0.39, 0.29) is 19.0 Å². The quantitative estimate of drug-likeness (QED) is 0.700. The van der Waals surface area contributed by atoms with Crippen molar-refractivity contribution >= 4 is 17.9 Å². The number of hydrogen-bond acceptors (Lipinski definition) is 3. The molecule has 0 aliphatic rings. The van der Waals surface area contributed by atoms with Crippen molar-refractivity contribution in [3.05, 3.63) is 0 Å². The molecular formula is C12H23N3O4. The van der Waals surface area contributed by atoms with Gasteiger partial charge in [-0.3, -0.25) is 9.59 Å². The van der Waals surface area contributed by atoms with E-state index in [1.54, 1.807) is 18.7 Å². The van der Waals surface area contributed by atoms with Crippen LogP contribution in [0.2, 0.25) is 0 Å². The Morgan fingerprint density at radius 2 is 1.53 bits per heavy atom. The maximum absolute atomic E-state index is 12.0. The Morgan fingerprint density at radius 1 is 1.05 bits per heavy atom. The van der Waals surface area contributed by atoms with Gasteiger partial charge in [0.25, 0.3) is 0 Å². The van der Waals surface area contributed by atoms with Crippen LogP contribution in [-0.2, 0) is 9.59 Å². The lowest BCUT2D eigenvalue weighted by Crippen LogP contribution is -2.51. The van der Waals surface area contributed by atoms with Gasteiger partial charge in [-0.25, -0.2) is 4.79 Å². The third kappa shape index (κ3) is 5.58. The van der Waals surface area contributed by atoms with Crippen molar-refractivity contribution in [1.29, 1.82) is 0 Å². The minimum Gasteiger partial charge on any atom is -0.480 e. The summed E-state index contributed by atoms with van der Waals surface area (Å²) in [5, 5.41) is 11.2. The lowest BCUT2D eigenvalue weighted by Gasteiger charge is -2.26. The number of carbonyl (C=O) groups is 3. The fourth-order valence-electron chi connectivity index (χ4n) is 1.64. The SMILES string of the molecule is CCN(CC(=O)O)C(=O)NC(C)C(=O)N(CC)CC. The number of carbonyl (C=O) groups excluding carboxylic acids is 2. The number of carboxylic acid groups (broad SMARTS) is 1. The summed E-state index contributed by atoms with van der Waals surface area (Å²) in [5.41, 5.74) is 0. The van der Waals surface area contributed by atoms with Crippen molar-refractivity contribution in [1.82, 2.24) is 15.1 Å². The van der Waals surface area contributed by atoms with Gasteiger partial charge in [0.1, 0.15) is 12.6 Å². The maximum atomic E-state index is 12.0. The standard InChI is InChI=1S/C12H23N3O4/c1-5-14(6-2)11(18)9(4)13-12(19)15(7-3)8-10(16)17/h9H,5-8H2,1-4H3,(H,13,19)(H,16,17). The van der Waals surface area contributed by atoms with Gasteiger partial charge in [0.2, 0.25) is 5.91 Å². The molecule has 0 saturated carbocycles. The van der Waals surface area contributed by atoms with Crippen LogP contribution in [0.25, 0.3) is 0 Å². The maximum Gasteiger partial charge on any atom is 0.323 e. The molecule has 3 amide bonds. The van der Waals surface area contributed by atoms with E-state index in [9.17, 15) is 14.4 Å². The number of urea groups is 1. The Labute approximate surface area is 113 Å². The molecule has 0 bridgehead atoms. The van der Waals surface area contributed by atoms with Crippen LogP contribution in [0.4, 0.5) is 4.79 Å². The first-order valence-electron chi connectivity index (χ1n) is 6.43. The Bertz CT molecular complexity index is 329. The van der Waals surface area contributed by atoms with E-state index in [1.807, 2.05) is 13.8 Å². The second-order valence-corrected chi connectivity index (χ2v) is 4.09. The first-order chi connectivity index (χ1) is 8.87. The van der Waals surface area contributed by atoms with Crippen LogP contribution in [0.5, 0.6) is 0 Å². The van der Waals surface area contributed by atoms with Gasteiger partial charge in [-0.15, -0.1) is 0 Å².